The number of nitrogens with one attached hydrogen (secondary N) is 1. The van der Waals surface area contributed by atoms with Crippen LogP contribution in [0.4, 0.5) is 10.2 Å². The molecule has 0 radical (unpaired) electrons. The van der Waals surface area contributed by atoms with E-state index in [-0.39, 0.29) is 35.2 Å². The average Bonchev–Trinajstić information content (AvgIpc) is 3.25. The van der Waals surface area contributed by atoms with Gasteiger partial charge in [0.05, 0.1) is 22.4 Å². The van der Waals surface area contributed by atoms with Crippen LogP contribution < -0.4 is 10.2 Å². The zero-order chi connectivity index (χ0) is 26.6. The summed E-state index contributed by atoms with van der Waals surface area (Å²) < 4.78 is 16.2. The van der Waals surface area contributed by atoms with Crippen molar-refractivity contribution in [3.8, 4) is 16.9 Å². The average molecular weight is 529 g/mol. The van der Waals surface area contributed by atoms with Gasteiger partial charge < -0.3 is 5.32 Å². The number of carbonyl (C=O) groups excluding carboxylic acids is 2. The predicted octanol–water partition coefficient (Wildman–Crippen LogP) is 5.68. The molecule has 4 aromatic rings. The van der Waals surface area contributed by atoms with Crippen molar-refractivity contribution in [3.63, 3.8) is 0 Å². The van der Waals surface area contributed by atoms with E-state index >= 15 is 0 Å². The van der Waals surface area contributed by atoms with Crippen LogP contribution in [0.2, 0.25) is 0 Å². The molecule has 3 aromatic carbocycles. The number of rotatable bonds is 7. The van der Waals surface area contributed by atoms with E-state index in [1.54, 1.807) is 10.7 Å². The number of carbonyl (C=O) groups is 2. The summed E-state index contributed by atoms with van der Waals surface area (Å²) in [5, 5.41) is 7.57. The van der Waals surface area contributed by atoms with E-state index in [4.69, 9.17) is 5.10 Å². The summed E-state index contributed by atoms with van der Waals surface area (Å²) in [6.45, 7) is 4.37. The van der Waals surface area contributed by atoms with E-state index in [1.807, 2.05) is 74.5 Å². The minimum atomic E-state index is -0.373. The summed E-state index contributed by atoms with van der Waals surface area (Å²) in [4.78, 5) is 28.1. The number of aryl methyl sites for hydroxylation is 1. The van der Waals surface area contributed by atoms with Crippen LogP contribution in [-0.2, 0) is 9.59 Å². The number of hydrogen-bond acceptors (Lipinski definition) is 4. The van der Waals surface area contributed by atoms with Gasteiger partial charge in [-0.3, -0.25) is 14.5 Å². The number of thioether (sulfide) groups is 1. The first-order valence-electron chi connectivity index (χ1n) is 12.7. The van der Waals surface area contributed by atoms with Gasteiger partial charge in [0.2, 0.25) is 11.8 Å². The number of benzene rings is 3. The lowest BCUT2D eigenvalue weighted by Gasteiger charge is -2.23. The zero-order valence-corrected chi connectivity index (χ0v) is 22.2. The highest BCUT2D eigenvalue weighted by molar-refractivity contribution is 8.00. The van der Waals surface area contributed by atoms with Crippen molar-refractivity contribution in [2.24, 2.45) is 0 Å². The van der Waals surface area contributed by atoms with Crippen LogP contribution in [0.25, 0.3) is 16.9 Å². The number of amides is 2. The fourth-order valence-electron chi connectivity index (χ4n) is 4.66. The van der Waals surface area contributed by atoms with Crippen molar-refractivity contribution < 1.29 is 14.0 Å². The third kappa shape index (κ3) is 5.22. The van der Waals surface area contributed by atoms with Crippen molar-refractivity contribution in [1.82, 2.24) is 15.1 Å². The van der Waals surface area contributed by atoms with Crippen molar-refractivity contribution >= 4 is 29.4 Å². The van der Waals surface area contributed by atoms with E-state index in [9.17, 15) is 14.0 Å². The molecule has 0 fully saturated rings. The highest BCUT2D eigenvalue weighted by Gasteiger charge is 2.37. The molecule has 8 heteroatoms. The Morgan fingerprint density at radius 1 is 1.08 bits per heavy atom. The van der Waals surface area contributed by atoms with E-state index in [0.717, 1.165) is 34.4 Å². The maximum Gasteiger partial charge on any atom is 0.240 e. The molecule has 0 saturated carbocycles. The largest absolute Gasteiger partial charge is 0.355 e. The van der Waals surface area contributed by atoms with Crippen molar-refractivity contribution in [3.05, 3.63) is 101 Å². The van der Waals surface area contributed by atoms with Gasteiger partial charge in [0.15, 0.2) is 0 Å². The minimum absolute atomic E-state index is 0.131. The maximum atomic E-state index is 14.4. The Bertz CT molecular complexity index is 1470. The molecule has 2 amide bonds. The lowest BCUT2D eigenvalue weighted by Crippen LogP contribution is -2.42. The summed E-state index contributed by atoms with van der Waals surface area (Å²) in [6, 6.07) is 24.1. The third-order valence-corrected chi connectivity index (χ3v) is 7.66. The van der Waals surface area contributed by atoms with Gasteiger partial charge in [0, 0.05) is 17.7 Å². The van der Waals surface area contributed by atoms with Gasteiger partial charge in [0.25, 0.3) is 0 Å². The fraction of sp³-hybridized carbons (Fsp3) is 0.233. The zero-order valence-electron chi connectivity index (χ0n) is 21.4. The van der Waals surface area contributed by atoms with E-state index < -0.39 is 0 Å². The first kappa shape index (κ1) is 25.7. The Hall–Kier alpha value is -3.91. The maximum absolute atomic E-state index is 14.4. The van der Waals surface area contributed by atoms with Crippen molar-refractivity contribution in [2.75, 3.05) is 23.7 Å². The van der Waals surface area contributed by atoms with Crippen LogP contribution >= 0.6 is 11.8 Å². The molecule has 5 rings (SSSR count). The van der Waals surface area contributed by atoms with Crippen LogP contribution in [0.15, 0.2) is 78.9 Å². The van der Waals surface area contributed by atoms with Gasteiger partial charge >= 0.3 is 0 Å². The molecule has 0 spiro atoms. The highest BCUT2D eigenvalue weighted by atomic mass is 32.2. The van der Waals surface area contributed by atoms with Gasteiger partial charge in [0.1, 0.15) is 18.2 Å². The van der Waals surface area contributed by atoms with Crippen molar-refractivity contribution in [1.29, 1.82) is 0 Å². The summed E-state index contributed by atoms with van der Waals surface area (Å²) >= 11 is 1.42. The molecule has 38 heavy (non-hydrogen) atoms. The Morgan fingerprint density at radius 3 is 2.61 bits per heavy atom. The highest BCUT2D eigenvalue weighted by Crippen LogP contribution is 2.48. The standard InChI is InChI=1S/C30H29FN4O2S/c1-3-15-32-25(36)18-34-26(37)19-38-29(22-12-8-13-23(31)17-22)27-28(21-10-5-4-6-11-21)33-35(30(27)34)24-14-7-9-20(2)16-24/h4-14,16-17,29H,3,15,18-19H2,1-2H3,(H,32,36). The molecule has 0 bridgehead atoms. The molecule has 6 nitrogen and oxygen atoms in total. The van der Waals surface area contributed by atoms with Gasteiger partial charge in [-0.1, -0.05) is 61.5 Å². The molecule has 2 heterocycles. The van der Waals surface area contributed by atoms with Gasteiger partial charge in [-0.15, -0.1) is 11.8 Å². The predicted molar refractivity (Wildman–Crippen MR) is 150 cm³/mol. The first-order chi connectivity index (χ1) is 18.5. The molecule has 1 unspecified atom stereocenters. The number of fused-ring (bicyclic) bond motifs is 1. The fourth-order valence-corrected chi connectivity index (χ4v) is 5.85. The van der Waals surface area contributed by atoms with E-state index in [2.05, 4.69) is 5.32 Å². The molecule has 1 aromatic heterocycles. The topological polar surface area (TPSA) is 67.2 Å². The summed E-state index contributed by atoms with van der Waals surface area (Å²) in [7, 11) is 0. The normalized spacial score (nSPS) is 15.2. The smallest absolute Gasteiger partial charge is 0.240 e. The molecule has 1 N–H and O–H groups in total. The van der Waals surface area contributed by atoms with E-state index in [1.165, 1.54) is 28.8 Å². The lowest BCUT2D eigenvalue weighted by molar-refractivity contribution is -0.122. The van der Waals surface area contributed by atoms with Gasteiger partial charge in [-0.05, 0) is 48.7 Å². The molecular formula is C30H29FN4O2S. The molecule has 1 aliphatic rings. The Balaban J connectivity index is 1.79. The van der Waals surface area contributed by atoms with Gasteiger partial charge in [-0.2, -0.15) is 5.10 Å². The van der Waals surface area contributed by atoms with Crippen LogP contribution in [0, 0.1) is 12.7 Å². The number of hydrogen-bond donors (Lipinski definition) is 1. The summed E-state index contributed by atoms with van der Waals surface area (Å²) in [5.41, 5.74) is 4.90. The van der Waals surface area contributed by atoms with E-state index in [0.29, 0.717) is 18.1 Å². The number of anilines is 1. The SMILES string of the molecule is CCCNC(=O)CN1C(=O)CSC(c2cccc(F)c2)c2c(-c3ccccc3)nn(-c3cccc(C)c3)c21. The quantitative estimate of drug-likeness (QED) is 0.335. The number of aromatic nitrogens is 2. The van der Waals surface area contributed by atoms with Crippen LogP contribution in [0.5, 0.6) is 0 Å². The second-order valence-corrected chi connectivity index (χ2v) is 10.4. The van der Waals surface area contributed by atoms with Crippen LogP contribution in [-0.4, -0.2) is 40.4 Å². The first-order valence-corrected chi connectivity index (χ1v) is 13.7. The monoisotopic (exact) mass is 528 g/mol. The molecule has 194 valence electrons. The number of halogens is 1. The summed E-state index contributed by atoms with van der Waals surface area (Å²) in [6.07, 6.45) is 0.793. The van der Waals surface area contributed by atoms with Crippen molar-refractivity contribution in [2.45, 2.75) is 25.5 Å². The summed E-state index contributed by atoms with van der Waals surface area (Å²) in [5.74, 6) is -0.110. The second-order valence-electron chi connectivity index (χ2n) is 9.28. The molecule has 0 aliphatic carbocycles. The molecule has 1 atom stereocenters. The van der Waals surface area contributed by atoms with Crippen LogP contribution in [0.3, 0.4) is 0 Å². The molecule has 0 saturated heterocycles. The Kier molecular flexibility index (Phi) is 7.60. The minimum Gasteiger partial charge on any atom is -0.355 e. The Labute approximate surface area is 225 Å². The molecular weight excluding hydrogens is 499 g/mol. The third-order valence-electron chi connectivity index (χ3n) is 6.41. The molecule has 1 aliphatic heterocycles. The second kappa shape index (κ2) is 11.2. The lowest BCUT2D eigenvalue weighted by atomic mass is 9.99. The number of nitrogens with zero attached hydrogens (tertiary/aromatic N) is 3. The van der Waals surface area contributed by atoms with Gasteiger partial charge in [-0.25, -0.2) is 9.07 Å². The Morgan fingerprint density at radius 2 is 1.87 bits per heavy atom. The van der Waals surface area contributed by atoms with Crippen LogP contribution in [0.1, 0.15) is 35.3 Å².